The van der Waals surface area contributed by atoms with E-state index >= 15 is 0 Å². The van der Waals surface area contributed by atoms with Gasteiger partial charge in [-0.15, -0.1) is 11.3 Å². The molecule has 2 N–H and O–H groups in total. The molecule has 0 aliphatic heterocycles. The van der Waals surface area contributed by atoms with E-state index in [9.17, 15) is 14.9 Å². The molecule has 1 aromatic heterocycles. The number of ether oxygens (including phenoxy) is 1. The summed E-state index contributed by atoms with van der Waals surface area (Å²) in [7, 11) is 1.52. The van der Waals surface area contributed by atoms with Gasteiger partial charge in [-0.2, -0.15) is 5.26 Å². The summed E-state index contributed by atoms with van der Waals surface area (Å²) >= 11 is 1.40. The van der Waals surface area contributed by atoms with Gasteiger partial charge in [0, 0.05) is 24.2 Å². The number of nitrogens with one attached hydrogen (secondary N) is 2. The van der Waals surface area contributed by atoms with Crippen molar-refractivity contribution in [1.82, 2.24) is 5.32 Å². The predicted octanol–water partition coefficient (Wildman–Crippen LogP) is 3.35. The second-order valence-corrected chi connectivity index (χ2v) is 7.22. The molecule has 28 heavy (non-hydrogen) atoms. The molecular weight excluding hydrogens is 376 g/mol. The summed E-state index contributed by atoms with van der Waals surface area (Å²) in [6.07, 6.45) is 7.79. The minimum atomic E-state index is -0.450. The van der Waals surface area contributed by atoms with Crippen LogP contribution >= 0.6 is 11.3 Å². The summed E-state index contributed by atoms with van der Waals surface area (Å²) in [6, 6.07) is 2.21. The largest absolute Gasteiger partial charge is 0.449 e. The highest BCUT2D eigenvalue weighted by molar-refractivity contribution is 7.16. The number of alkyl carbamates (subject to hydrolysis) is 1. The molecule has 146 valence electrons. The zero-order chi connectivity index (χ0) is 20.5. The van der Waals surface area contributed by atoms with Crippen LogP contribution in [0, 0.1) is 17.2 Å². The summed E-state index contributed by atoms with van der Waals surface area (Å²) < 4.78 is 5.14. The topological polar surface area (TPSA) is 104 Å². The summed E-state index contributed by atoms with van der Waals surface area (Å²) in [5.74, 6) is -0.142. The van der Waals surface area contributed by atoms with Crippen LogP contribution in [0.25, 0.3) is 0 Å². The number of aliphatic imine (C=N–C) groups is 1. The molecule has 0 radical (unpaired) electrons. The van der Waals surface area contributed by atoms with Crippen LogP contribution in [0.3, 0.4) is 0 Å². The van der Waals surface area contributed by atoms with Crippen molar-refractivity contribution in [2.45, 2.75) is 19.3 Å². The fraction of sp³-hybridized carbons (Fsp3) is 0.300. The minimum Gasteiger partial charge on any atom is -0.449 e. The third-order valence-electron chi connectivity index (χ3n) is 4.27. The maximum absolute atomic E-state index is 12.2. The summed E-state index contributed by atoms with van der Waals surface area (Å²) in [5, 5.41) is 15.3. The minimum absolute atomic E-state index is 0.199. The average molecular weight is 398 g/mol. The molecule has 1 aliphatic rings. The number of rotatable bonds is 7. The zero-order valence-electron chi connectivity index (χ0n) is 15.7. The van der Waals surface area contributed by atoms with Gasteiger partial charge in [0.1, 0.15) is 11.1 Å². The molecule has 2 amide bonds. The number of hydrogen-bond donors (Lipinski definition) is 2. The number of nitriles is 1. The Morgan fingerprint density at radius 2 is 2.25 bits per heavy atom. The Kier molecular flexibility index (Phi) is 7.72. The lowest BCUT2D eigenvalue weighted by Gasteiger charge is -2.21. The molecule has 0 aromatic carbocycles. The molecule has 0 fully saturated rings. The Balaban J connectivity index is 2.09. The molecule has 0 bridgehead atoms. The fourth-order valence-corrected chi connectivity index (χ4v) is 4.18. The molecule has 1 atom stereocenters. The summed E-state index contributed by atoms with van der Waals surface area (Å²) in [5.41, 5.74) is 2.14. The van der Waals surface area contributed by atoms with Gasteiger partial charge < -0.3 is 15.4 Å². The third-order valence-corrected chi connectivity index (χ3v) is 5.44. The standard InChI is InChI=1S/C20H22N4O3S/c1-4-13(11-22-2)6-8-18(25)24-19-16(10-21)15-7-5-14(9-17(15)28-19)12-27-20(26)23-3/h4,6,8,11,14H,1-2,5,7,9,12H2,3H3,(H,23,26)(H,24,25)/b8-6+,13-11+. The highest BCUT2D eigenvalue weighted by atomic mass is 32.1. The maximum Gasteiger partial charge on any atom is 0.406 e. The van der Waals surface area contributed by atoms with Gasteiger partial charge in [0.05, 0.1) is 12.2 Å². The zero-order valence-corrected chi connectivity index (χ0v) is 16.5. The van der Waals surface area contributed by atoms with Gasteiger partial charge in [0.2, 0.25) is 5.91 Å². The third kappa shape index (κ3) is 5.41. The molecule has 1 aromatic rings. The van der Waals surface area contributed by atoms with Crippen LogP contribution in [-0.2, 0) is 22.4 Å². The van der Waals surface area contributed by atoms with Gasteiger partial charge in [-0.05, 0) is 49.1 Å². The van der Waals surface area contributed by atoms with Crippen molar-refractivity contribution in [2.24, 2.45) is 10.9 Å². The molecule has 2 rings (SSSR count). The molecule has 7 nitrogen and oxygen atoms in total. The van der Waals surface area contributed by atoms with Crippen LogP contribution < -0.4 is 10.6 Å². The predicted molar refractivity (Wildman–Crippen MR) is 111 cm³/mol. The van der Waals surface area contributed by atoms with Gasteiger partial charge in [-0.25, -0.2) is 4.79 Å². The molecule has 1 aliphatic carbocycles. The van der Waals surface area contributed by atoms with Crippen LogP contribution in [0.4, 0.5) is 9.80 Å². The maximum atomic E-state index is 12.2. The van der Waals surface area contributed by atoms with E-state index in [1.165, 1.54) is 30.7 Å². The van der Waals surface area contributed by atoms with Gasteiger partial charge in [-0.1, -0.05) is 12.7 Å². The van der Waals surface area contributed by atoms with E-state index in [-0.39, 0.29) is 11.8 Å². The van der Waals surface area contributed by atoms with Crippen LogP contribution in [-0.4, -0.2) is 32.4 Å². The average Bonchev–Trinajstić information content (AvgIpc) is 3.05. The smallest absolute Gasteiger partial charge is 0.406 e. The number of hydrogen-bond acceptors (Lipinski definition) is 6. The van der Waals surface area contributed by atoms with Crippen molar-refractivity contribution in [3.05, 3.63) is 52.6 Å². The number of nitrogens with zero attached hydrogens (tertiary/aromatic N) is 2. The van der Waals surface area contributed by atoms with Gasteiger partial charge in [-0.3, -0.25) is 9.79 Å². The van der Waals surface area contributed by atoms with E-state index < -0.39 is 6.09 Å². The van der Waals surface area contributed by atoms with E-state index in [1.54, 1.807) is 12.2 Å². The first-order valence-electron chi connectivity index (χ1n) is 8.69. The monoisotopic (exact) mass is 398 g/mol. The van der Waals surface area contributed by atoms with E-state index in [1.807, 2.05) is 0 Å². The number of carbonyl (C=O) groups is 2. The first-order valence-corrected chi connectivity index (χ1v) is 9.50. The molecule has 1 unspecified atom stereocenters. The van der Waals surface area contributed by atoms with Gasteiger partial charge >= 0.3 is 6.09 Å². The van der Waals surface area contributed by atoms with E-state index in [0.29, 0.717) is 29.2 Å². The summed E-state index contributed by atoms with van der Waals surface area (Å²) in [6.45, 7) is 7.33. The highest BCUT2D eigenvalue weighted by Crippen LogP contribution is 2.39. The second-order valence-electron chi connectivity index (χ2n) is 6.12. The number of allylic oxidation sites excluding steroid dienone is 3. The van der Waals surface area contributed by atoms with Crippen LogP contribution in [0.15, 0.2) is 41.6 Å². The lowest BCUT2D eigenvalue weighted by Crippen LogP contribution is -2.25. The Labute approximate surface area is 168 Å². The van der Waals surface area contributed by atoms with Crippen molar-refractivity contribution < 1.29 is 14.3 Å². The van der Waals surface area contributed by atoms with Gasteiger partial charge in [0.15, 0.2) is 0 Å². The van der Waals surface area contributed by atoms with Crippen molar-refractivity contribution >= 4 is 35.1 Å². The molecule has 0 spiro atoms. The van der Waals surface area contributed by atoms with Crippen molar-refractivity contribution in [3.63, 3.8) is 0 Å². The van der Waals surface area contributed by atoms with Crippen LogP contribution in [0.5, 0.6) is 0 Å². The van der Waals surface area contributed by atoms with Crippen LogP contribution in [0.1, 0.15) is 22.4 Å². The molecule has 1 heterocycles. The Bertz CT molecular complexity index is 877. The molecule has 0 saturated heterocycles. The summed E-state index contributed by atoms with van der Waals surface area (Å²) in [4.78, 5) is 28.2. The number of amides is 2. The lowest BCUT2D eigenvalue weighted by molar-refractivity contribution is -0.111. The number of anilines is 1. The highest BCUT2D eigenvalue weighted by Gasteiger charge is 2.27. The molecule has 0 saturated carbocycles. The van der Waals surface area contributed by atoms with Crippen molar-refractivity contribution in [1.29, 1.82) is 5.26 Å². The number of carbonyl (C=O) groups excluding carboxylic acids is 2. The number of fused-ring (bicyclic) bond motifs is 1. The molecular formula is C20H22N4O3S. The van der Waals surface area contributed by atoms with Crippen molar-refractivity contribution in [3.8, 4) is 6.07 Å². The lowest BCUT2D eigenvalue weighted by atomic mass is 9.88. The second kappa shape index (κ2) is 10.2. The van der Waals surface area contributed by atoms with Crippen LogP contribution in [0.2, 0.25) is 0 Å². The first kappa shape index (κ1) is 21.1. The Morgan fingerprint density at radius 1 is 1.46 bits per heavy atom. The SMILES string of the molecule is C=CC(/C=C/C(=O)Nc1sc2c(c1C#N)CCC(COC(=O)NC)C2)=C\N=C. The molecule has 8 heteroatoms. The fourth-order valence-electron chi connectivity index (χ4n) is 2.86. The Morgan fingerprint density at radius 3 is 2.89 bits per heavy atom. The normalized spacial score (nSPS) is 16.0. The van der Waals surface area contributed by atoms with Gasteiger partial charge in [0.25, 0.3) is 0 Å². The number of thiophene rings is 1. The van der Waals surface area contributed by atoms with E-state index in [0.717, 1.165) is 23.3 Å². The van der Waals surface area contributed by atoms with E-state index in [2.05, 4.69) is 35.0 Å². The first-order chi connectivity index (χ1) is 13.5. The van der Waals surface area contributed by atoms with E-state index in [4.69, 9.17) is 4.74 Å². The van der Waals surface area contributed by atoms with Crippen molar-refractivity contribution in [2.75, 3.05) is 19.0 Å². The quantitative estimate of drug-likeness (QED) is 0.417. The Hall–Kier alpha value is -3.18.